The SMILES string of the molecule is CN(C(=O)Cn1cnc(N)n1)c1ccncc1. The molecule has 7 heteroatoms. The molecule has 0 bridgehead atoms. The van der Waals surface area contributed by atoms with Crippen LogP contribution in [0.2, 0.25) is 0 Å². The summed E-state index contributed by atoms with van der Waals surface area (Å²) >= 11 is 0. The third kappa shape index (κ3) is 2.57. The van der Waals surface area contributed by atoms with Gasteiger partial charge in [0.2, 0.25) is 11.9 Å². The van der Waals surface area contributed by atoms with Crippen LogP contribution in [0.4, 0.5) is 11.6 Å². The first-order valence-electron chi connectivity index (χ1n) is 4.98. The first-order valence-corrected chi connectivity index (χ1v) is 4.98. The largest absolute Gasteiger partial charge is 0.367 e. The van der Waals surface area contributed by atoms with E-state index < -0.39 is 0 Å². The lowest BCUT2D eigenvalue weighted by Crippen LogP contribution is -2.30. The van der Waals surface area contributed by atoms with Gasteiger partial charge in [-0.15, -0.1) is 5.10 Å². The zero-order valence-electron chi connectivity index (χ0n) is 9.32. The highest BCUT2D eigenvalue weighted by molar-refractivity contribution is 5.92. The molecule has 0 aliphatic carbocycles. The Labute approximate surface area is 97.9 Å². The number of hydrogen-bond donors (Lipinski definition) is 1. The molecular formula is C10H12N6O. The van der Waals surface area contributed by atoms with Crippen molar-refractivity contribution in [2.75, 3.05) is 17.7 Å². The molecule has 2 aromatic rings. The van der Waals surface area contributed by atoms with Gasteiger partial charge in [-0.05, 0) is 12.1 Å². The molecule has 0 saturated heterocycles. The van der Waals surface area contributed by atoms with Crippen molar-refractivity contribution in [3.63, 3.8) is 0 Å². The Morgan fingerprint density at radius 3 is 2.76 bits per heavy atom. The molecule has 1 amide bonds. The second-order valence-corrected chi connectivity index (χ2v) is 3.46. The summed E-state index contributed by atoms with van der Waals surface area (Å²) in [6.45, 7) is 0.100. The molecule has 0 aliphatic rings. The third-order valence-corrected chi connectivity index (χ3v) is 2.28. The quantitative estimate of drug-likeness (QED) is 0.799. The van der Waals surface area contributed by atoms with Crippen LogP contribution in [-0.2, 0) is 11.3 Å². The second-order valence-electron chi connectivity index (χ2n) is 3.46. The minimum absolute atomic E-state index is 0.100. The number of pyridine rings is 1. The lowest BCUT2D eigenvalue weighted by atomic mass is 10.3. The molecular weight excluding hydrogens is 220 g/mol. The highest BCUT2D eigenvalue weighted by Crippen LogP contribution is 2.10. The fraction of sp³-hybridized carbons (Fsp3) is 0.200. The van der Waals surface area contributed by atoms with E-state index in [1.807, 2.05) is 0 Å². The van der Waals surface area contributed by atoms with Crippen LogP contribution in [0.3, 0.4) is 0 Å². The Morgan fingerprint density at radius 2 is 2.18 bits per heavy atom. The minimum atomic E-state index is -0.110. The molecule has 17 heavy (non-hydrogen) atoms. The first-order chi connectivity index (χ1) is 8.16. The maximum Gasteiger partial charge on any atom is 0.248 e. The van der Waals surface area contributed by atoms with Crippen LogP contribution in [-0.4, -0.2) is 32.7 Å². The van der Waals surface area contributed by atoms with E-state index >= 15 is 0 Å². The molecule has 2 N–H and O–H groups in total. The number of nitrogen functional groups attached to an aromatic ring is 1. The van der Waals surface area contributed by atoms with E-state index in [0.717, 1.165) is 5.69 Å². The molecule has 0 aliphatic heterocycles. The number of carbonyl (C=O) groups excluding carboxylic acids is 1. The van der Waals surface area contributed by atoms with Crippen molar-refractivity contribution < 1.29 is 4.79 Å². The number of aromatic nitrogens is 4. The first kappa shape index (κ1) is 11.1. The molecule has 0 unspecified atom stereocenters. The average Bonchev–Trinajstić information content (AvgIpc) is 2.75. The number of anilines is 2. The number of hydrogen-bond acceptors (Lipinski definition) is 5. The molecule has 7 nitrogen and oxygen atoms in total. The van der Waals surface area contributed by atoms with Crippen molar-refractivity contribution in [2.45, 2.75) is 6.54 Å². The summed E-state index contributed by atoms with van der Waals surface area (Å²) in [4.78, 5) is 21.1. The van der Waals surface area contributed by atoms with Crippen molar-refractivity contribution >= 4 is 17.5 Å². The van der Waals surface area contributed by atoms with Crippen molar-refractivity contribution in [1.82, 2.24) is 19.7 Å². The molecule has 2 heterocycles. The summed E-state index contributed by atoms with van der Waals surface area (Å²) in [6.07, 6.45) is 4.69. The van der Waals surface area contributed by atoms with Gasteiger partial charge in [-0.3, -0.25) is 9.78 Å². The Bertz CT molecular complexity index is 509. The van der Waals surface area contributed by atoms with Crippen molar-refractivity contribution in [2.24, 2.45) is 0 Å². The number of likely N-dealkylation sites (N-methyl/N-ethyl adjacent to an activating group) is 1. The van der Waals surface area contributed by atoms with Gasteiger partial charge in [0.05, 0.1) is 0 Å². The second kappa shape index (κ2) is 4.60. The lowest BCUT2D eigenvalue weighted by Gasteiger charge is -2.16. The summed E-state index contributed by atoms with van der Waals surface area (Å²) in [7, 11) is 1.69. The molecule has 0 atom stereocenters. The van der Waals surface area contributed by atoms with Gasteiger partial charge in [0.25, 0.3) is 0 Å². The number of rotatable bonds is 3. The van der Waals surface area contributed by atoms with Crippen LogP contribution in [0, 0.1) is 0 Å². The normalized spacial score (nSPS) is 10.2. The predicted molar refractivity (Wildman–Crippen MR) is 62.1 cm³/mol. The minimum Gasteiger partial charge on any atom is -0.367 e. The topological polar surface area (TPSA) is 89.9 Å². The van der Waals surface area contributed by atoms with Crippen LogP contribution >= 0.6 is 0 Å². The smallest absolute Gasteiger partial charge is 0.248 e. The standard InChI is InChI=1S/C10H12N6O/c1-15(8-2-4-12-5-3-8)9(17)6-16-7-13-10(11)14-16/h2-5,7H,6H2,1H3,(H2,11,14). The molecule has 2 rings (SSSR count). The van der Waals surface area contributed by atoms with E-state index in [1.54, 1.807) is 31.6 Å². The van der Waals surface area contributed by atoms with E-state index in [0.29, 0.717) is 0 Å². The Morgan fingerprint density at radius 1 is 1.47 bits per heavy atom. The van der Waals surface area contributed by atoms with E-state index in [9.17, 15) is 4.79 Å². The molecule has 0 aromatic carbocycles. The number of nitrogens with two attached hydrogens (primary N) is 1. The summed E-state index contributed by atoms with van der Waals surface area (Å²) in [6, 6.07) is 3.52. The van der Waals surface area contributed by atoms with E-state index in [2.05, 4.69) is 15.1 Å². The lowest BCUT2D eigenvalue weighted by molar-refractivity contribution is -0.119. The summed E-state index contributed by atoms with van der Waals surface area (Å²) < 4.78 is 1.40. The summed E-state index contributed by atoms with van der Waals surface area (Å²) in [5.41, 5.74) is 6.14. The molecule has 2 aromatic heterocycles. The molecule has 88 valence electrons. The average molecular weight is 232 g/mol. The maximum absolute atomic E-state index is 11.9. The number of carbonyl (C=O) groups is 1. The molecule has 0 radical (unpaired) electrons. The maximum atomic E-state index is 11.9. The van der Waals surface area contributed by atoms with Gasteiger partial charge in [0, 0.05) is 25.1 Å². The zero-order chi connectivity index (χ0) is 12.3. The van der Waals surface area contributed by atoms with Crippen LogP contribution < -0.4 is 10.6 Å². The van der Waals surface area contributed by atoms with E-state index in [4.69, 9.17) is 5.73 Å². The highest BCUT2D eigenvalue weighted by Gasteiger charge is 2.11. The van der Waals surface area contributed by atoms with E-state index in [-0.39, 0.29) is 18.4 Å². The van der Waals surface area contributed by atoms with Gasteiger partial charge in [-0.1, -0.05) is 0 Å². The molecule has 0 saturated carbocycles. The van der Waals surface area contributed by atoms with Gasteiger partial charge in [0.1, 0.15) is 12.9 Å². The fourth-order valence-electron chi connectivity index (χ4n) is 1.34. The Balaban J connectivity index is 2.06. The molecule has 0 spiro atoms. The van der Waals surface area contributed by atoms with Crippen LogP contribution in [0.5, 0.6) is 0 Å². The van der Waals surface area contributed by atoms with Gasteiger partial charge < -0.3 is 10.6 Å². The highest BCUT2D eigenvalue weighted by atomic mass is 16.2. The van der Waals surface area contributed by atoms with Crippen LogP contribution in [0.1, 0.15) is 0 Å². The Kier molecular flexibility index (Phi) is 2.99. The van der Waals surface area contributed by atoms with Gasteiger partial charge in [-0.2, -0.15) is 0 Å². The van der Waals surface area contributed by atoms with Crippen molar-refractivity contribution in [3.05, 3.63) is 30.9 Å². The van der Waals surface area contributed by atoms with Gasteiger partial charge >= 0.3 is 0 Å². The van der Waals surface area contributed by atoms with Crippen LogP contribution in [0.25, 0.3) is 0 Å². The molecule has 0 fully saturated rings. The third-order valence-electron chi connectivity index (χ3n) is 2.28. The van der Waals surface area contributed by atoms with Gasteiger partial charge in [0.15, 0.2) is 0 Å². The summed E-state index contributed by atoms with van der Waals surface area (Å²) in [5, 5.41) is 3.85. The summed E-state index contributed by atoms with van der Waals surface area (Å²) in [5.74, 6) is 0.0467. The zero-order valence-corrected chi connectivity index (χ0v) is 9.32. The van der Waals surface area contributed by atoms with E-state index in [1.165, 1.54) is 15.9 Å². The van der Waals surface area contributed by atoms with Gasteiger partial charge in [-0.25, -0.2) is 9.67 Å². The van der Waals surface area contributed by atoms with Crippen LogP contribution in [0.15, 0.2) is 30.9 Å². The number of nitrogens with zero attached hydrogens (tertiary/aromatic N) is 5. The van der Waals surface area contributed by atoms with Crippen molar-refractivity contribution in [3.8, 4) is 0 Å². The van der Waals surface area contributed by atoms with Crippen molar-refractivity contribution in [1.29, 1.82) is 0 Å². The monoisotopic (exact) mass is 232 g/mol. The number of amides is 1. The fourth-order valence-corrected chi connectivity index (χ4v) is 1.34. The Hall–Kier alpha value is -2.44. The predicted octanol–water partition coefficient (Wildman–Crippen LogP) is -0.0817.